The highest BCUT2D eigenvalue weighted by atomic mass is 16.6. The Morgan fingerprint density at radius 2 is 1.50 bits per heavy atom. The first-order chi connectivity index (χ1) is 5.70. The van der Waals surface area contributed by atoms with Crippen LogP contribution in [0.25, 0.3) is 0 Å². The van der Waals surface area contributed by atoms with Crippen LogP contribution in [0.2, 0.25) is 0 Å². The fourth-order valence-corrected chi connectivity index (χ4v) is 0.433. The summed E-state index contributed by atoms with van der Waals surface area (Å²) in [7, 11) is 0. The van der Waals surface area contributed by atoms with Gasteiger partial charge in [-0.25, -0.2) is 0 Å². The van der Waals surface area contributed by atoms with Gasteiger partial charge in [0.15, 0.2) is 0 Å². The van der Waals surface area contributed by atoms with E-state index < -0.39 is 11.9 Å². The second-order valence-corrected chi connectivity index (χ2v) is 1.75. The summed E-state index contributed by atoms with van der Waals surface area (Å²) < 4.78 is 4.08. The fourth-order valence-electron chi connectivity index (χ4n) is 0.433. The van der Waals surface area contributed by atoms with Crippen molar-refractivity contribution in [2.75, 3.05) is 0 Å². The van der Waals surface area contributed by atoms with Gasteiger partial charge in [0, 0.05) is 0 Å². The van der Waals surface area contributed by atoms with Crippen molar-refractivity contribution in [1.82, 2.24) is 0 Å². The second kappa shape index (κ2) is 9.62. The van der Waals surface area contributed by atoms with Crippen LogP contribution in [0.1, 0.15) is 19.8 Å². The van der Waals surface area contributed by atoms with Crippen molar-refractivity contribution in [3.63, 3.8) is 0 Å². The van der Waals surface area contributed by atoms with E-state index in [9.17, 15) is 9.59 Å². The number of esters is 2. The largest absolute Gasteiger partial charge is 0.393 e. The minimum Gasteiger partial charge on any atom is -0.393 e. The van der Waals surface area contributed by atoms with Gasteiger partial charge in [0.1, 0.15) is 0 Å². The van der Waals surface area contributed by atoms with Gasteiger partial charge < -0.3 is 4.74 Å². The molecule has 0 spiro atoms. The van der Waals surface area contributed by atoms with Gasteiger partial charge in [-0.2, -0.15) is 0 Å². The van der Waals surface area contributed by atoms with Gasteiger partial charge in [-0.05, 0) is 6.92 Å². The molecule has 0 bridgehead atoms. The van der Waals surface area contributed by atoms with Crippen molar-refractivity contribution >= 4 is 11.9 Å². The summed E-state index contributed by atoms with van der Waals surface area (Å²) in [6.07, 6.45) is 2.28. The highest BCUT2D eigenvalue weighted by Crippen LogP contribution is 2.03. The minimum absolute atomic E-state index is 0.263. The first-order valence-electron chi connectivity index (χ1n) is 3.51. The Morgan fingerprint density at radius 1 is 1.25 bits per heavy atom. The molecule has 12 heavy (non-hydrogen) atoms. The van der Waals surface area contributed by atoms with E-state index in [0.717, 1.165) is 0 Å². The normalized spacial score (nSPS) is 13.1. The monoisotopic (exact) mass is 170 g/mol. The number of hydrogen-bond donors (Lipinski definition) is 0. The number of hydrogen-bond acceptors (Lipinski definition) is 3. The maximum Gasteiger partial charge on any atom is 0.314 e. The van der Waals surface area contributed by atoms with Crippen LogP contribution in [-0.2, 0) is 14.3 Å². The van der Waals surface area contributed by atoms with Crippen molar-refractivity contribution in [3.8, 4) is 0 Å². The van der Waals surface area contributed by atoms with Gasteiger partial charge in [-0.3, -0.25) is 9.59 Å². The predicted molar refractivity (Wildman–Crippen MR) is 47.5 cm³/mol. The summed E-state index contributed by atoms with van der Waals surface area (Å²) in [6.45, 7) is 11.2. The Balaban J connectivity index is 0. The molecule has 1 heterocycles. The lowest BCUT2D eigenvalue weighted by molar-refractivity contribution is -0.151. The zero-order chi connectivity index (χ0) is 9.98. The van der Waals surface area contributed by atoms with Crippen LogP contribution < -0.4 is 0 Å². The van der Waals surface area contributed by atoms with Crippen LogP contribution in [-0.4, -0.2) is 11.9 Å². The first-order valence-corrected chi connectivity index (χ1v) is 3.51. The highest BCUT2D eigenvalue weighted by Gasteiger charge is 2.19. The van der Waals surface area contributed by atoms with E-state index in [-0.39, 0.29) is 12.8 Å². The van der Waals surface area contributed by atoms with Gasteiger partial charge in [0.2, 0.25) is 0 Å². The van der Waals surface area contributed by atoms with Crippen LogP contribution in [0.5, 0.6) is 0 Å². The molecule has 0 aromatic carbocycles. The molecule has 0 N–H and O–H groups in total. The zero-order valence-corrected chi connectivity index (χ0v) is 7.34. The Bertz CT molecular complexity index is 147. The topological polar surface area (TPSA) is 43.4 Å². The molecule has 0 atom stereocenters. The number of carbonyl (C=O) groups excluding carboxylic acids is 2. The standard InChI is InChI=1S/C4H4O3.C3H6.C2H4/c5-3-1-2-4(6)7-3;1-3-2;1-2/h1-2H2;3H,1H2,2H3;1-2H2. The first kappa shape index (κ1) is 13.2. The van der Waals surface area contributed by atoms with Crippen LogP contribution in [0.3, 0.4) is 0 Å². The molecule has 0 radical (unpaired) electrons. The molecule has 3 nitrogen and oxygen atoms in total. The fraction of sp³-hybridized carbons (Fsp3) is 0.333. The molecule has 0 unspecified atom stereocenters. The number of allylic oxidation sites excluding steroid dienone is 1. The molecule has 1 fully saturated rings. The van der Waals surface area contributed by atoms with Gasteiger partial charge >= 0.3 is 11.9 Å². The van der Waals surface area contributed by atoms with Crippen LogP contribution >= 0.6 is 0 Å². The van der Waals surface area contributed by atoms with Gasteiger partial charge in [-0.1, -0.05) is 6.08 Å². The number of rotatable bonds is 0. The molecule has 1 rings (SSSR count). The predicted octanol–water partition coefficient (Wildman–Crippen LogP) is 1.84. The van der Waals surface area contributed by atoms with Crippen molar-refractivity contribution in [1.29, 1.82) is 0 Å². The molecule has 0 amide bonds. The van der Waals surface area contributed by atoms with E-state index >= 15 is 0 Å². The highest BCUT2D eigenvalue weighted by molar-refractivity contribution is 5.92. The SMILES string of the molecule is C=C.C=CC.O=C1CCC(=O)O1. The molecule has 0 saturated carbocycles. The molecule has 0 aromatic rings. The second-order valence-electron chi connectivity index (χ2n) is 1.75. The van der Waals surface area contributed by atoms with E-state index in [0.29, 0.717) is 0 Å². The maximum atomic E-state index is 10.0. The summed E-state index contributed by atoms with van der Waals surface area (Å²) in [6, 6.07) is 0. The molecule has 3 heteroatoms. The molecule has 0 aliphatic carbocycles. The average molecular weight is 170 g/mol. The third-order valence-electron chi connectivity index (χ3n) is 0.761. The number of ether oxygens (including phenoxy) is 1. The van der Waals surface area contributed by atoms with E-state index in [1.165, 1.54) is 0 Å². The van der Waals surface area contributed by atoms with Crippen LogP contribution in [0, 0.1) is 0 Å². The van der Waals surface area contributed by atoms with E-state index in [1.54, 1.807) is 6.08 Å². The lowest BCUT2D eigenvalue weighted by Gasteiger charge is -1.79. The summed E-state index contributed by atoms with van der Waals surface area (Å²) in [4.78, 5) is 20.0. The van der Waals surface area contributed by atoms with E-state index in [1.807, 2.05) is 6.92 Å². The van der Waals surface area contributed by atoms with Crippen molar-refractivity contribution in [3.05, 3.63) is 25.8 Å². The summed E-state index contributed by atoms with van der Waals surface area (Å²) >= 11 is 0. The molecular weight excluding hydrogens is 156 g/mol. The van der Waals surface area contributed by atoms with Gasteiger partial charge in [0.05, 0.1) is 12.8 Å². The maximum absolute atomic E-state index is 10.0. The zero-order valence-electron chi connectivity index (χ0n) is 7.34. The molecule has 68 valence electrons. The molecule has 0 aromatic heterocycles. The van der Waals surface area contributed by atoms with Crippen molar-refractivity contribution in [2.45, 2.75) is 19.8 Å². The minimum atomic E-state index is -0.398. The van der Waals surface area contributed by atoms with Crippen LogP contribution in [0.15, 0.2) is 25.8 Å². The van der Waals surface area contributed by atoms with Gasteiger partial charge in [-0.15, -0.1) is 19.7 Å². The van der Waals surface area contributed by atoms with E-state index in [4.69, 9.17) is 0 Å². The third-order valence-corrected chi connectivity index (χ3v) is 0.761. The molecule has 1 saturated heterocycles. The lowest BCUT2D eigenvalue weighted by Crippen LogP contribution is -1.94. The molecular formula is C9H14O3. The quantitative estimate of drug-likeness (QED) is 0.316. The third kappa shape index (κ3) is 8.62. The Hall–Kier alpha value is -1.38. The van der Waals surface area contributed by atoms with Crippen molar-refractivity contribution in [2.24, 2.45) is 0 Å². The van der Waals surface area contributed by atoms with Crippen molar-refractivity contribution < 1.29 is 14.3 Å². The number of carbonyl (C=O) groups is 2. The Morgan fingerprint density at radius 3 is 1.58 bits per heavy atom. The van der Waals surface area contributed by atoms with E-state index in [2.05, 4.69) is 24.5 Å². The van der Waals surface area contributed by atoms with Gasteiger partial charge in [0.25, 0.3) is 0 Å². The Kier molecular flexibility index (Phi) is 10.6. The summed E-state index contributed by atoms with van der Waals surface area (Å²) in [5.74, 6) is -0.796. The Labute approximate surface area is 72.7 Å². The average Bonchev–Trinajstić information content (AvgIpc) is 2.40. The smallest absolute Gasteiger partial charge is 0.314 e. The molecule has 1 aliphatic rings. The molecule has 1 aliphatic heterocycles. The van der Waals surface area contributed by atoms with Crippen LogP contribution in [0.4, 0.5) is 0 Å². The summed E-state index contributed by atoms with van der Waals surface area (Å²) in [5, 5.41) is 0. The lowest BCUT2D eigenvalue weighted by atomic mass is 10.4. The summed E-state index contributed by atoms with van der Waals surface area (Å²) in [5.41, 5.74) is 0. The number of cyclic esters (lactones) is 2.